The van der Waals surface area contributed by atoms with Crippen molar-refractivity contribution in [2.24, 2.45) is 0 Å². The molecule has 0 saturated carbocycles. The zero-order chi connectivity index (χ0) is 13.1. The molecule has 6 nitrogen and oxygen atoms in total. The van der Waals surface area contributed by atoms with Gasteiger partial charge in [-0.3, -0.25) is 0 Å². The molecule has 0 aliphatic carbocycles. The van der Waals surface area contributed by atoms with E-state index in [-0.39, 0.29) is 11.8 Å². The van der Waals surface area contributed by atoms with Crippen molar-refractivity contribution in [3.8, 4) is 17.2 Å². The molecular weight excluding hydrogens is 260 g/mol. The van der Waals surface area contributed by atoms with Crippen LogP contribution in [-0.2, 0) is 4.74 Å². The molecule has 1 aromatic carbocycles. The van der Waals surface area contributed by atoms with Gasteiger partial charge in [0.2, 0.25) is 0 Å². The Hall–Kier alpha value is -2.08. The van der Waals surface area contributed by atoms with Gasteiger partial charge in [-0.25, -0.2) is 4.79 Å². The smallest absolute Gasteiger partial charge is 0.396 e. The molecule has 0 amide bonds. The Morgan fingerprint density at radius 1 is 1.33 bits per heavy atom. The molecule has 7 heteroatoms. The summed E-state index contributed by atoms with van der Waals surface area (Å²) in [7, 11) is 2.72. The number of benzene rings is 1. The third-order valence-electron chi connectivity index (χ3n) is 2.18. The first kappa shape index (κ1) is 12.4. The maximum Gasteiger partial charge on any atom is 0.396 e. The minimum Gasteiger partial charge on any atom is -0.496 e. The third kappa shape index (κ3) is 2.28. The van der Waals surface area contributed by atoms with Crippen molar-refractivity contribution in [3.63, 3.8) is 0 Å². The van der Waals surface area contributed by atoms with Gasteiger partial charge < -0.3 is 13.9 Å². The Balaban J connectivity index is 2.42. The molecule has 2 rings (SSSR count). The summed E-state index contributed by atoms with van der Waals surface area (Å²) in [5, 5.41) is 7.85. The van der Waals surface area contributed by atoms with Gasteiger partial charge in [0.05, 0.1) is 19.8 Å². The van der Waals surface area contributed by atoms with E-state index in [1.165, 1.54) is 14.2 Å². The summed E-state index contributed by atoms with van der Waals surface area (Å²) in [6, 6.07) is 4.93. The van der Waals surface area contributed by atoms with Crippen molar-refractivity contribution in [1.82, 2.24) is 10.2 Å². The first-order chi connectivity index (χ1) is 8.65. The van der Waals surface area contributed by atoms with Gasteiger partial charge in [0.25, 0.3) is 5.89 Å². The number of carbonyl (C=O) groups excluding carboxylic acids is 1. The Morgan fingerprint density at radius 2 is 2.11 bits per heavy atom. The van der Waals surface area contributed by atoms with Crippen molar-refractivity contribution in [1.29, 1.82) is 0 Å². The van der Waals surface area contributed by atoms with Crippen molar-refractivity contribution in [3.05, 3.63) is 29.1 Å². The van der Waals surface area contributed by atoms with E-state index in [9.17, 15) is 4.79 Å². The van der Waals surface area contributed by atoms with E-state index in [2.05, 4.69) is 14.9 Å². The molecule has 0 fully saturated rings. The van der Waals surface area contributed by atoms with Crippen LogP contribution in [0.4, 0.5) is 0 Å². The Bertz CT molecular complexity index is 582. The lowest BCUT2D eigenvalue weighted by molar-refractivity contribution is 0.0556. The molecule has 0 aliphatic heterocycles. The van der Waals surface area contributed by atoms with Gasteiger partial charge in [-0.2, -0.15) is 0 Å². The van der Waals surface area contributed by atoms with Crippen molar-refractivity contribution in [2.45, 2.75) is 0 Å². The van der Waals surface area contributed by atoms with Gasteiger partial charge >= 0.3 is 11.9 Å². The van der Waals surface area contributed by atoms with Crippen LogP contribution in [-0.4, -0.2) is 30.4 Å². The molecule has 1 heterocycles. The summed E-state index contributed by atoms with van der Waals surface area (Å²) in [5.74, 6) is -0.280. The highest BCUT2D eigenvalue weighted by molar-refractivity contribution is 6.30. The van der Waals surface area contributed by atoms with E-state index < -0.39 is 5.97 Å². The van der Waals surface area contributed by atoms with E-state index in [0.29, 0.717) is 16.3 Å². The number of rotatable bonds is 3. The molecule has 0 N–H and O–H groups in total. The van der Waals surface area contributed by atoms with Crippen LogP contribution in [0.2, 0.25) is 5.02 Å². The highest BCUT2D eigenvalue weighted by Gasteiger charge is 2.18. The lowest BCUT2D eigenvalue weighted by Crippen LogP contribution is -2.00. The second-order valence-electron chi connectivity index (χ2n) is 3.25. The molecule has 0 aliphatic rings. The number of halogens is 1. The van der Waals surface area contributed by atoms with E-state index in [0.717, 1.165) is 0 Å². The average Bonchev–Trinajstić information content (AvgIpc) is 2.87. The van der Waals surface area contributed by atoms with Crippen LogP contribution in [0.25, 0.3) is 11.5 Å². The summed E-state index contributed by atoms with van der Waals surface area (Å²) >= 11 is 5.84. The molecule has 0 bridgehead atoms. The van der Waals surface area contributed by atoms with E-state index in [4.69, 9.17) is 20.8 Å². The minimum absolute atomic E-state index is 0.156. The molecule has 0 radical (unpaired) electrons. The van der Waals surface area contributed by atoms with Crippen LogP contribution in [0.3, 0.4) is 0 Å². The van der Waals surface area contributed by atoms with Crippen molar-refractivity contribution >= 4 is 17.6 Å². The van der Waals surface area contributed by atoms with Gasteiger partial charge in [0.1, 0.15) is 5.75 Å². The summed E-state index contributed by atoms with van der Waals surface area (Å²) in [6.45, 7) is 0. The summed E-state index contributed by atoms with van der Waals surface area (Å²) in [6.07, 6.45) is 0. The number of hydrogen-bond donors (Lipinski definition) is 0. The molecule has 94 valence electrons. The predicted molar refractivity (Wildman–Crippen MR) is 62.6 cm³/mol. The first-order valence-corrected chi connectivity index (χ1v) is 5.29. The quantitative estimate of drug-likeness (QED) is 0.794. The second-order valence-corrected chi connectivity index (χ2v) is 3.68. The zero-order valence-corrected chi connectivity index (χ0v) is 10.4. The van der Waals surface area contributed by atoms with Gasteiger partial charge in [-0.15, -0.1) is 10.2 Å². The van der Waals surface area contributed by atoms with Gasteiger partial charge in [0.15, 0.2) is 0 Å². The molecule has 0 unspecified atom stereocenters. The maximum atomic E-state index is 11.2. The fourth-order valence-electron chi connectivity index (χ4n) is 1.34. The van der Waals surface area contributed by atoms with Crippen LogP contribution < -0.4 is 4.74 Å². The SMILES string of the molecule is COC(=O)c1nnc(-c2ccc(Cl)cc2OC)o1. The standard InChI is InChI=1S/C11H9ClN2O4/c1-16-8-5-6(12)3-4-7(8)9-13-14-10(18-9)11(15)17-2/h3-5H,1-2H3. The molecule has 18 heavy (non-hydrogen) atoms. The normalized spacial score (nSPS) is 10.2. The van der Waals surface area contributed by atoms with Crippen LogP contribution in [0, 0.1) is 0 Å². The predicted octanol–water partition coefficient (Wildman–Crippen LogP) is 2.19. The second kappa shape index (κ2) is 5.05. The van der Waals surface area contributed by atoms with E-state index >= 15 is 0 Å². The Kier molecular flexibility index (Phi) is 3.47. The number of nitrogens with zero attached hydrogens (tertiary/aromatic N) is 2. The largest absolute Gasteiger partial charge is 0.496 e. The number of methoxy groups -OCH3 is 2. The van der Waals surface area contributed by atoms with Crippen LogP contribution in [0.1, 0.15) is 10.7 Å². The highest BCUT2D eigenvalue weighted by atomic mass is 35.5. The van der Waals surface area contributed by atoms with Crippen molar-refractivity contribution in [2.75, 3.05) is 14.2 Å². The third-order valence-corrected chi connectivity index (χ3v) is 2.41. The van der Waals surface area contributed by atoms with Crippen LogP contribution in [0.5, 0.6) is 5.75 Å². The molecule has 0 saturated heterocycles. The van der Waals surface area contributed by atoms with E-state index in [1.54, 1.807) is 18.2 Å². The monoisotopic (exact) mass is 268 g/mol. The number of ether oxygens (including phenoxy) is 2. The molecule has 0 atom stereocenters. The number of hydrogen-bond acceptors (Lipinski definition) is 6. The molecule has 0 spiro atoms. The van der Waals surface area contributed by atoms with Gasteiger partial charge in [0, 0.05) is 5.02 Å². The summed E-state index contributed by atoms with van der Waals surface area (Å²) in [5.41, 5.74) is 0.546. The lowest BCUT2D eigenvalue weighted by atomic mass is 10.2. The molecule has 2 aromatic rings. The number of carbonyl (C=O) groups is 1. The Labute approximate surface area is 107 Å². The fraction of sp³-hybridized carbons (Fsp3) is 0.182. The van der Waals surface area contributed by atoms with Crippen LogP contribution in [0.15, 0.2) is 22.6 Å². The number of esters is 1. The highest BCUT2D eigenvalue weighted by Crippen LogP contribution is 2.31. The topological polar surface area (TPSA) is 74.5 Å². The zero-order valence-electron chi connectivity index (χ0n) is 9.64. The number of aromatic nitrogens is 2. The summed E-state index contributed by atoms with van der Waals surface area (Å²) < 4.78 is 14.8. The van der Waals surface area contributed by atoms with Crippen molar-refractivity contribution < 1.29 is 18.7 Å². The lowest BCUT2D eigenvalue weighted by Gasteiger charge is -2.04. The molecular formula is C11H9ClN2O4. The van der Waals surface area contributed by atoms with Crippen LogP contribution >= 0.6 is 11.6 Å². The Morgan fingerprint density at radius 3 is 2.78 bits per heavy atom. The molecule has 1 aromatic heterocycles. The minimum atomic E-state index is -0.693. The fourth-order valence-corrected chi connectivity index (χ4v) is 1.51. The van der Waals surface area contributed by atoms with Gasteiger partial charge in [-0.1, -0.05) is 11.6 Å². The maximum absolute atomic E-state index is 11.2. The van der Waals surface area contributed by atoms with E-state index in [1.807, 2.05) is 0 Å². The first-order valence-electron chi connectivity index (χ1n) is 4.91. The average molecular weight is 269 g/mol. The summed E-state index contributed by atoms with van der Waals surface area (Å²) in [4.78, 5) is 11.2. The van der Waals surface area contributed by atoms with Gasteiger partial charge in [-0.05, 0) is 18.2 Å².